The van der Waals surface area contributed by atoms with Crippen molar-refractivity contribution in [3.8, 4) is 23.0 Å². The van der Waals surface area contributed by atoms with Crippen molar-refractivity contribution in [3.05, 3.63) is 77.6 Å². The van der Waals surface area contributed by atoms with Gasteiger partial charge in [-0.1, -0.05) is 31.2 Å². The molecular weight excluding hydrogens is 494 g/mol. The second-order valence-electron chi connectivity index (χ2n) is 9.27. The number of rotatable bonds is 13. The molecule has 3 aromatic carbocycles. The van der Waals surface area contributed by atoms with Crippen LogP contribution >= 0.6 is 0 Å². The van der Waals surface area contributed by atoms with Crippen LogP contribution in [-0.4, -0.2) is 43.4 Å². The molecule has 206 valence electrons. The highest BCUT2D eigenvalue weighted by atomic mass is 16.5. The van der Waals surface area contributed by atoms with Gasteiger partial charge in [-0.15, -0.1) is 0 Å². The molecule has 4 rings (SSSR count). The lowest BCUT2D eigenvalue weighted by atomic mass is 10.1. The first-order chi connectivity index (χ1) is 19.0. The van der Waals surface area contributed by atoms with Crippen LogP contribution in [0.4, 0.5) is 0 Å². The molecule has 8 nitrogen and oxygen atoms in total. The van der Waals surface area contributed by atoms with E-state index in [1.54, 1.807) is 12.1 Å². The number of carbonyl (C=O) groups is 1. The Kier molecular flexibility index (Phi) is 9.31. The fourth-order valence-corrected chi connectivity index (χ4v) is 4.60. The zero-order chi connectivity index (χ0) is 27.8. The third-order valence-corrected chi connectivity index (χ3v) is 6.72. The van der Waals surface area contributed by atoms with Gasteiger partial charge in [0.05, 0.1) is 45.0 Å². The van der Waals surface area contributed by atoms with Crippen molar-refractivity contribution in [1.82, 2.24) is 14.9 Å². The molecule has 39 heavy (non-hydrogen) atoms. The highest BCUT2D eigenvalue weighted by Crippen LogP contribution is 2.38. The van der Waals surface area contributed by atoms with Crippen LogP contribution in [-0.2, 0) is 13.0 Å². The minimum atomic E-state index is -0.336. The van der Waals surface area contributed by atoms with Crippen molar-refractivity contribution >= 4 is 16.9 Å². The second-order valence-corrected chi connectivity index (χ2v) is 9.27. The first-order valence-electron chi connectivity index (χ1n) is 13.3. The summed E-state index contributed by atoms with van der Waals surface area (Å²) in [4.78, 5) is 18.1. The number of amides is 1. The standard InChI is InChI=1S/C31H37N3O5/c1-6-22-13-15-24(16-14-22)39-18-10-9-17-34-26-12-8-7-11-25(26)33-30(34)21(2)32-31(35)23-19-27(36-3)29(38-5)28(20-23)37-4/h7-8,11-16,19-21H,6,9-10,17-18H2,1-5H3,(H,32,35). The summed E-state index contributed by atoms with van der Waals surface area (Å²) in [5, 5.41) is 3.09. The third kappa shape index (κ3) is 6.45. The molecule has 1 amide bonds. The highest BCUT2D eigenvalue weighted by Gasteiger charge is 2.21. The number of methoxy groups -OCH3 is 3. The molecule has 0 aliphatic carbocycles. The number of aryl methyl sites for hydroxylation is 2. The van der Waals surface area contributed by atoms with Gasteiger partial charge in [0.25, 0.3) is 5.91 Å². The summed E-state index contributed by atoms with van der Waals surface area (Å²) in [6, 6.07) is 19.2. The number of benzene rings is 3. The van der Waals surface area contributed by atoms with Gasteiger partial charge in [0.1, 0.15) is 11.6 Å². The number of para-hydroxylation sites is 2. The smallest absolute Gasteiger partial charge is 0.252 e. The molecule has 8 heteroatoms. The Balaban J connectivity index is 1.45. The number of fused-ring (bicyclic) bond motifs is 1. The maximum Gasteiger partial charge on any atom is 0.252 e. The number of nitrogens with zero attached hydrogens (tertiary/aromatic N) is 2. The fourth-order valence-electron chi connectivity index (χ4n) is 4.60. The number of aromatic nitrogens is 2. The van der Waals surface area contributed by atoms with Crippen LogP contribution in [0.3, 0.4) is 0 Å². The number of hydrogen-bond acceptors (Lipinski definition) is 6. The van der Waals surface area contributed by atoms with Crippen molar-refractivity contribution in [3.63, 3.8) is 0 Å². The number of hydrogen-bond donors (Lipinski definition) is 1. The van der Waals surface area contributed by atoms with Gasteiger partial charge in [-0.05, 0) is 68.1 Å². The number of imidazole rings is 1. The van der Waals surface area contributed by atoms with Crippen LogP contribution in [0.2, 0.25) is 0 Å². The van der Waals surface area contributed by atoms with E-state index < -0.39 is 0 Å². The van der Waals surface area contributed by atoms with E-state index >= 15 is 0 Å². The lowest BCUT2D eigenvalue weighted by Crippen LogP contribution is -2.29. The largest absolute Gasteiger partial charge is 0.494 e. The average Bonchev–Trinajstić information content (AvgIpc) is 3.35. The molecule has 1 aromatic heterocycles. The fraction of sp³-hybridized carbons (Fsp3) is 0.355. The van der Waals surface area contributed by atoms with E-state index in [0.29, 0.717) is 29.4 Å². The minimum Gasteiger partial charge on any atom is -0.494 e. The molecule has 0 aliphatic rings. The number of unbranched alkanes of at least 4 members (excludes halogenated alkanes) is 1. The van der Waals surface area contributed by atoms with Gasteiger partial charge >= 0.3 is 0 Å². The normalized spacial score (nSPS) is 11.7. The number of carbonyl (C=O) groups excluding carboxylic acids is 1. The zero-order valence-electron chi connectivity index (χ0n) is 23.3. The van der Waals surface area contributed by atoms with Crippen LogP contribution in [0.25, 0.3) is 11.0 Å². The van der Waals surface area contributed by atoms with E-state index in [1.165, 1.54) is 26.9 Å². The van der Waals surface area contributed by atoms with Gasteiger partial charge in [-0.25, -0.2) is 4.98 Å². The molecule has 1 heterocycles. The average molecular weight is 532 g/mol. The lowest BCUT2D eigenvalue weighted by molar-refractivity contribution is 0.0936. The summed E-state index contributed by atoms with van der Waals surface area (Å²) in [6.45, 7) is 5.49. The van der Waals surface area contributed by atoms with Gasteiger partial charge < -0.3 is 28.8 Å². The van der Waals surface area contributed by atoms with E-state index in [1.807, 2.05) is 37.3 Å². The van der Waals surface area contributed by atoms with Crippen LogP contribution in [0, 0.1) is 0 Å². The third-order valence-electron chi connectivity index (χ3n) is 6.72. The first-order valence-corrected chi connectivity index (χ1v) is 13.3. The number of ether oxygens (including phenoxy) is 4. The van der Waals surface area contributed by atoms with Gasteiger partial charge in [0, 0.05) is 12.1 Å². The van der Waals surface area contributed by atoms with Crippen LogP contribution in [0.15, 0.2) is 60.7 Å². The maximum atomic E-state index is 13.2. The molecule has 1 unspecified atom stereocenters. The van der Waals surface area contributed by atoms with Crippen LogP contribution in [0.5, 0.6) is 23.0 Å². The Hall–Kier alpha value is -4.20. The Labute approximate surface area is 229 Å². The molecule has 0 fully saturated rings. The summed E-state index contributed by atoms with van der Waals surface area (Å²) < 4.78 is 24.3. The highest BCUT2D eigenvalue weighted by molar-refractivity contribution is 5.96. The van der Waals surface area contributed by atoms with Gasteiger partial charge in [-0.3, -0.25) is 4.79 Å². The van der Waals surface area contributed by atoms with E-state index in [0.717, 1.165) is 48.4 Å². The predicted octanol–water partition coefficient (Wildman–Crippen LogP) is 5.97. The summed E-state index contributed by atoms with van der Waals surface area (Å²) in [5.74, 6) is 2.71. The Bertz CT molecular complexity index is 1370. The molecule has 0 saturated heterocycles. The summed E-state index contributed by atoms with van der Waals surface area (Å²) in [7, 11) is 4.58. The topological polar surface area (TPSA) is 83.8 Å². The molecule has 4 aromatic rings. The van der Waals surface area contributed by atoms with E-state index in [9.17, 15) is 4.79 Å². The van der Waals surface area contributed by atoms with Crippen molar-refractivity contribution in [2.45, 2.75) is 45.7 Å². The number of nitrogens with one attached hydrogen (secondary N) is 1. The summed E-state index contributed by atoms with van der Waals surface area (Å²) in [5.41, 5.74) is 3.64. The van der Waals surface area contributed by atoms with E-state index in [-0.39, 0.29) is 11.9 Å². The van der Waals surface area contributed by atoms with Crippen molar-refractivity contribution in [2.75, 3.05) is 27.9 Å². The van der Waals surface area contributed by atoms with Crippen molar-refractivity contribution in [1.29, 1.82) is 0 Å². The Morgan fingerprint density at radius 3 is 2.28 bits per heavy atom. The van der Waals surface area contributed by atoms with Crippen LogP contribution in [0.1, 0.15) is 54.5 Å². The summed E-state index contributed by atoms with van der Waals surface area (Å²) in [6.07, 6.45) is 2.82. The first kappa shape index (κ1) is 27.8. The molecule has 1 N–H and O–H groups in total. The molecule has 0 bridgehead atoms. The minimum absolute atomic E-state index is 0.261. The Morgan fingerprint density at radius 2 is 1.64 bits per heavy atom. The molecule has 1 atom stereocenters. The van der Waals surface area contributed by atoms with Crippen LogP contribution < -0.4 is 24.3 Å². The molecule has 0 radical (unpaired) electrons. The second kappa shape index (κ2) is 13.0. The van der Waals surface area contributed by atoms with Gasteiger partial charge in [-0.2, -0.15) is 0 Å². The lowest BCUT2D eigenvalue weighted by Gasteiger charge is -2.18. The predicted molar refractivity (Wildman–Crippen MR) is 152 cm³/mol. The quantitative estimate of drug-likeness (QED) is 0.214. The molecular formula is C31H37N3O5. The SMILES string of the molecule is CCc1ccc(OCCCCn2c(C(C)NC(=O)c3cc(OC)c(OC)c(OC)c3)nc3ccccc32)cc1. The maximum absolute atomic E-state index is 13.2. The molecule has 0 spiro atoms. The molecule has 0 saturated carbocycles. The van der Waals surface area contributed by atoms with Gasteiger partial charge in [0.15, 0.2) is 11.5 Å². The molecule has 0 aliphatic heterocycles. The van der Waals surface area contributed by atoms with Gasteiger partial charge in [0.2, 0.25) is 5.75 Å². The van der Waals surface area contributed by atoms with Crippen molar-refractivity contribution in [2.24, 2.45) is 0 Å². The Morgan fingerprint density at radius 1 is 0.949 bits per heavy atom. The summed E-state index contributed by atoms with van der Waals surface area (Å²) >= 11 is 0. The zero-order valence-corrected chi connectivity index (χ0v) is 23.3. The van der Waals surface area contributed by atoms with E-state index in [2.05, 4.69) is 35.0 Å². The van der Waals surface area contributed by atoms with E-state index in [4.69, 9.17) is 23.9 Å². The van der Waals surface area contributed by atoms with Crippen molar-refractivity contribution < 1.29 is 23.7 Å². The monoisotopic (exact) mass is 531 g/mol.